The third-order valence-electron chi connectivity index (χ3n) is 5.44. The van der Waals surface area contributed by atoms with Crippen LogP contribution in [0, 0.1) is 0 Å². The van der Waals surface area contributed by atoms with Crippen LogP contribution in [0.1, 0.15) is 45.7 Å². The Bertz CT molecular complexity index is 1250. The summed E-state index contributed by atoms with van der Waals surface area (Å²) in [5.41, 5.74) is 1.66. The van der Waals surface area contributed by atoms with Crippen molar-refractivity contribution in [1.82, 2.24) is 9.62 Å². The van der Waals surface area contributed by atoms with Gasteiger partial charge in [0.15, 0.2) is 5.78 Å². The van der Waals surface area contributed by atoms with Crippen molar-refractivity contribution in [2.24, 2.45) is 0 Å². The van der Waals surface area contributed by atoms with Gasteiger partial charge in [0.25, 0.3) is 5.91 Å². The van der Waals surface area contributed by atoms with Crippen molar-refractivity contribution in [3.05, 3.63) is 106 Å². The summed E-state index contributed by atoms with van der Waals surface area (Å²) in [6, 6.07) is 21.6. The third kappa shape index (κ3) is 6.53. The summed E-state index contributed by atoms with van der Waals surface area (Å²) < 4.78 is 27.6. The van der Waals surface area contributed by atoms with Gasteiger partial charge in [-0.25, -0.2) is 13.1 Å². The maximum atomic E-state index is 13.4. The number of hydrogen-bond donors (Lipinski definition) is 1. The molecular weight excluding hydrogens is 472 g/mol. The molecule has 0 aliphatic heterocycles. The van der Waals surface area contributed by atoms with E-state index in [4.69, 9.17) is 11.6 Å². The molecule has 1 amide bonds. The Hall–Kier alpha value is -3.00. The number of carbonyl (C=O) groups is 2. The van der Waals surface area contributed by atoms with E-state index in [2.05, 4.69) is 4.72 Å². The van der Waals surface area contributed by atoms with Gasteiger partial charge in [-0.2, -0.15) is 0 Å². The van der Waals surface area contributed by atoms with Crippen LogP contribution in [-0.2, 0) is 15.8 Å². The summed E-state index contributed by atoms with van der Waals surface area (Å²) in [4.78, 5) is 28.1. The minimum Gasteiger partial charge on any atom is -0.335 e. The number of likely N-dealkylation sites (N-methyl/N-ethyl adjacent to an activating group) is 1. The summed E-state index contributed by atoms with van der Waals surface area (Å²) in [6.45, 7) is 4.00. The standard InChI is InChI=1S/C26H27ClN2O4S/c1-3-29(19(2)17-28-34(32,33)18-20-9-5-4-6-10-20)26(31)24-12-8-7-11-23(24)25(30)21-13-15-22(27)16-14-21/h4-16,19,28H,3,17-18H2,1-2H3. The number of hydrogen-bond acceptors (Lipinski definition) is 4. The number of benzene rings is 3. The van der Waals surface area contributed by atoms with Crippen LogP contribution in [0.15, 0.2) is 78.9 Å². The summed E-state index contributed by atoms with van der Waals surface area (Å²) >= 11 is 5.93. The SMILES string of the molecule is CCN(C(=O)c1ccccc1C(=O)c1ccc(Cl)cc1)C(C)CNS(=O)(=O)Cc1ccccc1. The molecule has 3 aromatic carbocycles. The summed E-state index contributed by atoms with van der Waals surface area (Å²) in [5.74, 6) is -0.762. The molecule has 0 bridgehead atoms. The normalized spacial score (nSPS) is 12.2. The topological polar surface area (TPSA) is 83.6 Å². The number of sulfonamides is 1. The lowest BCUT2D eigenvalue weighted by molar-refractivity contribution is 0.0702. The first-order valence-corrected chi connectivity index (χ1v) is 13.0. The fourth-order valence-corrected chi connectivity index (χ4v) is 4.99. The second-order valence-corrected chi connectivity index (χ2v) is 10.2. The molecular formula is C26H27ClN2O4S. The zero-order valence-electron chi connectivity index (χ0n) is 19.1. The molecule has 3 aromatic rings. The lowest BCUT2D eigenvalue weighted by Crippen LogP contribution is -2.45. The molecule has 0 aliphatic carbocycles. The van der Waals surface area contributed by atoms with E-state index in [-0.39, 0.29) is 35.1 Å². The average molecular weight is 499 g/mol. The predicted molar refractivity (Wildman–Crippen MR) is 135 cm³/mol. The van der Waals surface area contributed by atoms with Gasteiger partial charge >= 0.3 is 0 Å². The lowest BCUT2D eigenvalue weighted by atomic mass is 9.97. The highest BCUT2D eigenvalue weighted by Crippen LogP contribution is 2.19. The number of nitrogens with one attached hydrogen (secondary N) is 1. The summed E-state index contributed by atoms with van der Waals surface area (Å²) in [5, 5.41) is 0.515. The fourth-order valence-electron chi connectivity index (χ4n) is 3.64. The molecule has 0 fully saturated rings. The molecule has 0 radical (unpaired) electrons. The van der Waals surface area contributed by atoms with Gasteiger partial charge in [0, 0.05) is 35.3 Å². The van der Waals surface area contributed by atoms with Crippen LogP contribution >= 0.6 is 11.6 Å². The van der Waals surface area contributed by atoms with Crippen LogP contribution in [0.3, 0.4) is 0 Å². The Morgan fingerprint density at radius 1 is 0.912 bits per heavy atom. The van der Waals surface area contributed by atoms with E-state index in [1.807, 2.05) is 13.0 Å². The smallest absolute Gasteiger partial charge is 0.254 e. The average Bonchev–Trinajstić information content (AvgIpc) is 2.83. The molecule has 6 nitrogen and oxygen atoms in total. The highest BCUT2D eigenvalue weighted by Gasteiger charge is 2.25. The minimum atomic E-state index is -3.58. The zero-order chi connectivity index (χ0) is 24.7. The molecule has 1 unspecified atom stereocenters. The second-order valence-electron chi connectivity index (χ2n) is 7.91. The van der Waals surface area contributed by atoms with Gasteiger partial charge in [-0.15, -0.1) is 0 Å². The Labute approximate surface area is 205 Å². The number of carbonyl (C=O) groups excluding carboxylic acids is 2. The summed E-state index contributed by atoms with van der Waals surface area (Å²) in [7, 11) is -3.58. The molecule has 0 saturated carbocycles. The van der Waals surface area contributed by atoms with Gasteiger partial charge in [-0.3, -0.25) is 9.59 Å². The molecule has 1 atom stereocenters. The van der Waals surface area contributed by atoms with Crippen LogP contribution in [0.25, 0.3) is 0 Å². The van der Waals surface area contributed by atoms with E-state index in [0.29, 0.717) is 22.7 Å². The number of ketones is 1. The van der Waals surface area contributed by atoms with Crippen LogP contribution in [-0.4, -0.2) is 44.1 Å². The van der Waals surface area contributed by atoms with E-state index in [1.54, 1.807) is 84.6 Å². The van der Waals surface area contributed by atoms with Gasteiger partial charge in [-0.1, -0.05) is 60.1 Å². The van der Waals surface area contributed by atoms with Crippen LogP contribution in [0.2, 0.25) is 5.02 Å². The molecule has 0 saturated heterocycles. The molecule has 0 aliphatic rings. The van der Waals surface area contributed by atoms with Crippen molar-refractivity contribution in [2.75, 3.05) is 13.1 Å². The summed E-state index contributed by atoms with van der Waals surface area (Å²) in [6.07, 6.45) is 0. The fraction of sp³-hybridized carbons (Fsp3) is 0.231. The second kappa shape index (κ2) is 11.4. The Kier molecular flexibility index (Phi) is 8.61. The first kappa shape index (κ1) is 25.6. The number of amides is 1. The monoisotopic (exact) mass is 498 g/mol. The van der Waals surface area contributed by atoms with Gasteiger partial charge in [-0.05, 0) is 49.7 Å². The van der Waals surface area contributed by atoms with Crippen molar-refractivity contribution >= 4 is 33.3 Å². The Balaban J connectivity index is 1.75. The Morgan fingerprint density at radius 3 is 2.12 bits per heavy atom. The van der Waals surface area contributed by atoms with E-state index in [0.717, 1.165) is 0 Å². The Morgan fingerprint density at radius 2 is 1.50 bits per heavy atom. The van der Waals surface area contributed by atoms with Gasteiger partial charge in [0.05, 0.1) is 11.3 Å². The first-order valence-electron chi connectivity index (χ1n) is 10.9. The maximum absolute atomic E-state index is 13.4. The maximum Gasteiger partial charge on any atom is 0.254 e. The number of rotatable bonds is 10. The third-order valence-corrected chi connectivity index (χ3v) is 7.01. The largest absolute Gasteiger partial charge is 0.335 e. The molecule has 178 valence electrons. The van der Waals surface area contributed by atoms with Gasteiger partial charge < -0.3 is 4.90 Å². The van der Waals surface area contributed by atoms with Crippen LogP contribution in [0.5, 0.6) is 0 Å². The van der Waals surface area contributed by atoms with Crippen LogP contribution in [0.4, 0.5) is 0 Å². The first-order chi connectivity index (χ1) is 16.2. The van der Waals surface area contributed by atoms with E-state index in [9.17, 15) is 18.0 Å². The van der Waals surface area contributed by atoms with Crippen molar-refractivity contribution in [3.8, 4) is 0 Å². The predicted octanol–water partition coefficient (Wildman–Crippen LogP) is 4.54. The van der Waals surface area contributed by atoms with Crippen molar-refractivity contribution < 1.29 is 18.0 Å². The molecule has 8 heteroatoms. The van der Waals surface area contributed by atoms with E-state index in [1.165, 1.54) is 0 Å². The minimum absolute atomic E-state index is 0.0576. The van der Waals surface area contributed by atoms with Crippen molar-refractivity contribution in [3.63, 3.8) is 0 Å². The quantitative estimate of drug-likeness (QED) is 0.416. The molecule has 3 rings (SSSR count). The van der Waals surface area contributed by atoms with Gasteiger partial charge in [0.2, 0.25) is 10.0 Å². The van der Waals surface area contributed by atoms with E-state index >= 15 is 0 Å². The molecule has 0 aromatic heterocycles. The molecule has 34 heavy (non-hydrogen) atoms. The van der Waals surface area contributed by atoms with Crippen LogP contribution < -0.4 is 4.72 Å². The number of nitrogens with zero attached hydrogens (tertiary/aromatic N) is 1. The molecule has 1 N–H and O–H groups in total. The lowest BCUT2D eigenvalue weighted by Gasteiger charge is -2.29. The highest BCUT2D eigenvalue weighted by molar-refractivity contribution is 7.88. The van der Waals surface area contributed by atoms with Gasteiger partial charge in [0.1, 0.15) is 0 Å². The zero-order valence-corrected chi connectivity index (χ0v) is 20.6. The van der Waals surface area contributed by atoms with Crippen molar-refractivity contribution in [2.45, 2.75) is 25.6 Å². The van der Waals surface area contributed by atoms with Crippen molar-refractivity contribution in [1.29, 1.82) is 0 Å². The molecule has 0 heterocycles. The number of halogens is 1. The van der Waals surface area contributed by atoms with E-state index < -0.39 is 16.1 Å². The highest BCUT2D eigenvalue weighted by atomic mass is 35.5. The molecule has 0 spiro atoms.